The van der Waals surface area contributed by atoms with E-state index < -0.39 is 15.7 Å². The minimum atomic E-state index is -3.30. The highest BCUT2D eigenvalue weighted by Crippen LogP contribution is 2.21. The average molecular weight is 295 g/mol. The maximum atomic E-state index is 13.6. The average Bonchev–Trinajstić information content (AvgIpc) is 2.37. The molecule has 106 valence electrons. The van der Waals surface area contributed by atoms with Crippen LogP contribution in [0, 0.1) is 5.82 Å². The molecule has 0 aromatic heterocycles. The van der Waals surface area contributed by atoms with E-state index in [4.69, 9.17) is 10.5 Å². The molecule has 0 atom stereocenters. The van der Waals surface area contributed by atoms with Crippen LogP contribution in [0.3, 0.4) is 0 Å². The highest BCUT2D eigenvalue weighted by molar-refractivity contribution is 7.90. The molecule has 2 aromatic carbocycles. The quantitative estimate of drug-likeness (QED) is 0.879. The molecule has 2 aromatic rings. The van der Waals surface area contributed by atoms with Crippen LogP contribution in [0.15, 0.2) is 47.4 Å². The molecule has 0 aliphatic heterocycles. The molecule has 0 fully saturated rings. The third-order valence-electron chi connectivity index (χ3n) is 2.77. The summed E-state index contributed by atoms with van der Waals surface area (Å²) in [6.07, 6.45) is 1.11. The van der Waals surface area contributed by atoms with Gasteiger partial charge in [0.05, 0.1) is 4.90 Å². The van der Waals surface area contributed by atoms with Crippen LogP contribution in [-0.2, 0) is 16.4 Å². The van der Waals surface area contributed by atoms with Gasteiger partial charge in [0.25, 0.3) is 0 Å². The molecule has 4 nitrogen and oxygen atoms in total. The zero-order chi connectivity index (χ0) is 14.8. The molecule has 20 heavy (non-hydrogen) atoms. The van der Waals surface area contributed by atoms with Gasteiger partial charge in [0.2, 0.25) is 0 Å². The molecule has 0 aliphatic carbocycles. The lowest BCUT2D eigenvalue weighted by atomic mass is 10.2. The monoisotopic (exact) mass is 295 g/mol. The van der Waals surface area contributed by atoms with Crippen molar-refractivity contribution < 1.29 is 17.5 Å². The van der Waals surface area contributed by atoms with Crippen LogP contribution in [-0.4, -0.2) is 14.7 Å². The van der Waals surface area contributed by atoms with E-state index in [0.717, 1.165) is 6.26 Å². The SMILES string of the molecule is CS(=O)(=O)c1cccc(OCc2c(N)cccc2F)c1. The van der Waals surface area contributed by atoms with E-state index in [0.29, 0.717) is 11.4 Å². The van der Waals surface area contributed by atoms with Crippen molar-refractivity contribution in [2.24, 2.45) is 0 Å². The third kappa shape index (κ3) is 3.27. The van der Waals surface area contributed by atoms with Gasteiger partial charge < -0.3 is 10.5 Å². The van der Waals surface area contributed by atoms with E-state index >= 15 is 0 Å². The van der Waals surface area contributed by atoms with Gasteiger partial charge in [0.15, 0.2) is 9.84 Å². The summed E-state index contributed by atoms with van der Waals surface area (Å²) in [4.78, 5) is 0.150. The summed E-state index contributed by atoms with van der Waals surface area (Å²) in [6, 6.07) is 10.4. The molecule has 2 rings (SSSR count). The lowest BCUT2D eigenvalue weighted by Crippen LogP contribution is -2.04. The Hall–Kier alpha value is -2.08. The van der Waals surface area contributed by atoms with Crippen molar-refractivity contribution in [1.29, 1.82) is 0 Å². The summed E-state index contributed by atoms with van der Waals surface area (Å²) in [7, 11) is -3.30. The fraction of sp³-hybridized carbons (Fsp3) is 0.143. The number of nitrogens with two attached hydrogens (primary N) is 1. The molecular weight excluding hydrogens is 281 g/mol. The largest absolute Gasteiger partial charge is 0.489 e. The van der Waals surface area contributed by atoms with E-state index in [-0.39, 0.29) is 17.1 Å². The molecule has 0 aliphatic rings. The number of sulfone groups is 1. The van der Waals surface area contributed by atoms with E-state index in [1.54, 1.807) is 18.2 Å². The number of hydrogen-bond donors (Lipinski definition) is 1. The number of hydrogen-bond acceptors (Lipinski definition) is 4. The number of halogens is 1. The van der Waals surface area contributed by atoms with Crippen molar-refractivity contribution in [3.05, 3.63) is 53.8 Å². The first-order valence-corrected chi connectivity index (χ1v) is 7.73. The van der Waals surface area contributed by atoms with Crippen molar-refractivity contribution in [3.63, 3.8) is 0 Å². The van der Waals surface area contributed by atoms with E-state index in [2.05, 4.69) is 0 Å². The second kappa shape index (κ2) is 5.50. The molecular formula is C14H14FNO3S. The Morgan fingerprint density at radius 2 is 1.90 bits per heavy atom. The van der Waals surface area contributed by atoms with Crippen LogP contribution in [0.2, 0.25) is 0 Å². The van der Waals surface area contributed by atoms with E-state index in [9.17, 15) is 12.8 Å². The van der Waals surface area contributed by atoms with Gasteiger partial charge in [-0.2, -0.15) is 0 Å². The van der Waals surface area contributed by atoms with Gasteiger partial charge in [0, 0.05) is 17.5 Å². The predicted octanol–water partition coefficient (Wildman–Crippen LogP) is 2.39. The third-order valence-corrected chi connectivity index (χ3v) is 3.88. The zero-order valence-electron chi connectivity index (χ0n) is 10.8. The fourth-order valence-corrected chi connectivity index (χ4v) is 2.33. The summed E-state index contributed by atoms with van der Waals surface area (Å²) in [5.41, 5.74) is 6.21. The lowest BCUT2D eigenvalue weighted by molar-refractivity contribution is 0.300. The zero-order valence-corrected chi connectivity index (χ0v) is 11.7. The second-order valence-electron chi connectivity index (χ2n) is 4.34. The molecule has 0 saturated heterocycles. The van der Waals surface area contributed by atoms with Crippen LogP contribution in [0.4, 0.5) is 10.1 Å². The summed E-state index contributed by atoms with van der Waals surface area (Å²) >= 11 is 0. The molecule has 0 amide bonds. The first-order valence-electron chi connectivity index (χ1n) is 5.84. The van der Waals surface area contributed by atoms with Gasteiger partial charge >= 0.3 is 0 Å². The Kier molecular flexibility index (Phi) is 3.94. The van der Waals surface area contributed by atoms with Crippen LogP contribution in [0.25, 0.3) is 0 Å². The van der Waals surface area contributed by atoms with Crippen LogP contribution < -0.4 is 10.5 Å². The first-order chi connectivity index (χ1) is 9.38. The second-order valence-corrected chi connectivity index (χ2v) is 6.36. The molecule has 0 heterocycles. The van der Waals surface area contributed by atoms with Gasteiger partial charge in [-0.3, -0.25) is 0 Å². The molecule has 0 radical (unpaired) electrons. The van der Waals surface area contributed by atoms with Crippen molar-refractivity contribution in [3.8, 4) is 5.75 Å². The predicted molar refractivity (Wildman–Crippen MR) is 74.7 cm³/mol. The van der Waals surface area contributed by atoms with E-state index in [1.807, 2.05) is 0 Å². The number of benzene rings is 2. The number of anilines is 1. The Bertz CT molecular complexity index is 709. The lowest BCUT2D eigenvalue weighted by Gasteiger charge is -2.10. The van der Waals surface area contributed by atoms with Crippen molar-refractivity contribution in [2.45, 2.75) is 11.5 Å². The summed E-state index contributed by atoms with van der Waals surface area (Å²) in [5.74, 6) is -0.111. The van der Waals surface area contributed by atoms with Gasteiger partial charge in [-0.1, -0.05) is 12.1 Å². The number of ether oxygens (including phenoxy) is 1. The smallest absolute Gasteiger partial charge is 0.175 e. The molecule has 0 bridgehead atoms. The normalized spacial score (nSPS) is 11.3. The Morgan fingerprint density at radius 1 is 1.20 bits per heavy atom. The molecule has 2 N–H and O–H groups in total. The maximum absolute atomic E-state index is 13.6. The van der Waals surface area contributed by atoms with Crippen molar-refractivity contribution in [1.82, 2.24) is 0 Å². The van der Waals surface area contributed by atoms with Crippen molar-refractivity contribution >= 4 is 15.5 Å². The fourth-order valence-electron chi connectivity index (χ4n) is 1.68. The molecule has 0 unspecified atom stereocenters. The van der Waals surface area contributed by atoms with Gasteiger partial charge in [0.1, 0.15) is 18.2 Å². The Labute approximate surface area is 116 Å². The van der Waals surface area contributed by atoms with E-state index in [1.165, 1.54) is 24.3 Å². The van der Waals surface area contributed by atoms with Crippen LogP contribution in [0.5, 0.6) is 5.75 Å². The standard InChI is InChI=1S/C14H14FNO3S/c1-20(17,18)11-5-2-4-10(8-11)19-9-12-13(15)6-3-7-14(12)16/h2-8H,9,16H2,1H3. The van der Waals surface area contributed by atoms with Gasteiger partial charge in [-0.25, -0.2) is 12.8 Å². The number of rotatable bonds is 4. The van der Waals surface area contributed by atoms with Gasteiger partial charge in [-0.05, 0) is 30.3 Å². The molecule has 0 saturated carbocycles. The van der Waals surface area contributed by atoms with Crippen LogP contribution in [0.1, 0.15) is 5.56 Å². The molecule has 6 heteroatoms. The Morgan fingerprint density at radius 3 is 2.55 bits per heavy atom. The summed E-state index contributed by atoms with van der Waals surface area (Å²) in [5, 5.41) is 0. The topological polar surface area (TPSA) is 69.4 Å². The highest BCUT2D eigenvalue weighted by atomic mass is 32.2. The van der Waals surface area contributed by atoms with Crippen LogP contribution >= 0.6 is 0 Å². The van der Waals surface area contributed by atoms with Gasteiger partial charge in [-0.15, -0.1) is 0 Å². The molecule has 0 spiro atoms. The minimum absolute atomic E-state index is 0.0638. The first kappa shape index (κ1) is 14.3. The maximum Gasteiger partial charge on any atom is 0.175 e. The Balaban J connectivity index is 2.20. The summed E-state index contributed by atoms with van der Waals surface area (Å²) in [6.45, 7) is -0.0638. The minimum Gasteiger partial charge on any atom is -0.489 e. The number of nitrogen functional groups attached to an aromatic ring is 1. The van der Waals surface area contributed by atoms with Crippen molar-refractivity contribution in [2.75, 3.05) is 12.0 Å². The summed E-state index contributed by atoms with van der Waals surface area (Å²) < 4.78 is 41.8. The highest BCUT2D eigenvalue weighted by Gasteiger charge is 2.10.